The molecule has 0 saturated heterocycles. The first-order valence-electron chi connectivity index (χ1n) is 7.78. The number of rotatable bonds is 4. The van der Waals surface area contributed by atoms with E-state index in [0.717, 1.165) is 12.1 Å². The zero-order valence-electron chi connectivity index (χ0n) is 14.1. The molecule has 0 aromatic heterocycles. The molecular weight excluding hydrogens is 292 g/mol. The van der Waals surface area contributed by atoms with Gasteiger partial charge in [0.1, 0.15) is 0 Å². The normalized spacial score (nSPS) is 18.9. The predicted molar refractivity (Wildman–Crippen MR) is 90.7 cm³/mol. The summed E-state index contributed by atoms with van der Waals surface area (Å²) in [4.78, 5) is 23.4. The summed E-state index contributed by atoms with van der Waals surface area (Å²) in [7, 11) is 1.32. The molecule has 0 unspecified atom stereocenters. The van der Waals surface area contributed by atoms with Gasteiger partial charge in [-0.05, 0) is 37.8 Å². The Bertz CT molecular complexity index is 635. The molecule has 0 bridgehead atoms. The number of anilines is 1. The van der Waals surface area contributed by atoms with E-state index in [0.29, 0.717) is 11.5 Å². The molecule has 5 nitrogen and oxygen atoms in total. The minimum absolute atomic E-state index is 0.0480. The molecule has 2 N–H and O–H groups in total. The number of amides is 1. The first kappa shape index (κ1) is 17.1. The molecular formula is C18H24N2O3. The molecule has 2 rings (SSSR count). The Morgan fingerprint density at radius 1 is 1.43 bits per heavy atom. The smallest absolute Gasteiger partial charge is 0.330 e. The van der Waals surface area contributed by atoms with Crippen LogP contribution in [0.4, 0.5) is 5.69 Å². The Morgan fingerprint density at radius 2 is 2.17 bits per heavy atom. The summed E-state index contributed by atoms with van der Waals surface area (Å²) in [6.07, 6.45) is 3.89. The van der Waals surface area contributed by atoms with Crippen LogP contribution in [0.15, 0.2) is 30.4 Å². The summed E-state index contributed by atoms with van der Waals surface area (Å²) in [5.74, 6) is -0.199. The number of hydrogen-bond donors (Lipinski definition) is 2. The van der Waals surface area contributed by atoms with Crippen LogP contribution in [0.3, 0.4) is 0 Å². The summed E-state index contributed by atoms with van der Waals surface area (Å²) in [5.41, 5.74) is 2.66. The summed E-state index contributed by atoms with van der Waals surface area (Å²) in [6.45, 7) is 6.74. The van der Waals surface area contributed by atoms with E-state index in [-0.39, 0.29) is 18.0 Å². The fourth-order valence-corrected chi connectivity index (χ4v) is 3.04. The SMILES string of the molecule is COC(=O)/C=C/CNC(=O)c1cccc2c1NC(C)(C)C[C@H]2C. The van der Waals surface area contributed by atoms with Gasteiger partial charge in [-0.25, -0.2) is 4.79 Å². The fourth-order valence-electron chi connectivity index (χ4n) is 3.04. The van der Waals surface area contributed by atoms with Crippen LogP contribution < -0.4 is 10.6 Å². The fraction of sp³-hybridized carbons (Fsp3) is 0.444. The molecule has 1 aromatic rings. The Labute approximate surface area is 137 Å². The van der Waals surface area contributed by atoms with Gasteiger partial charge in [0.2, 0.25) is 0 Å². The van der Waals surface area contributed by atoms with Crippen LogP contribution in [0.5, 0.6) is 0 Å². The van der Waals surface area contributed by atoms with Crippen molar-refractivity contribution in [1.82, 2.24) is 5.32 Å². The highest BCUT2D eigenvalue weighted by molar-refractivity contribution is 6.00. The molecule has 0 fully saturated rings. The highest BCUT2D eigenvalue weighted by Gasteiger charge is 2.31. The second-order valence-corrected chi connectivity index (χ2v) is 6.52. The summed E-state index contributed by atoms with van der Waals surface area (Å²) in [6, 6.07) is 5.80. The molecule has 1 aliphatic rings. The van der Waals surface area contributed by atoms with E-state index in [9.17, 15) is 9.59 Å². The molecule has 1 amide bonds. The quantitative estimate of drug-likeness (QED) is 0.662. The molecule has 5 heteroatoms. The molecule has 1 aliphatic heterocycles. The van der Waals surface area contributed by atoms with Crippen LogP contribution in [-0.4, -0.2) is 31.1 Å². The van der Waals surface area contributed by atoms with Crippen molar-refractivity contribution in [1.29, 1.82) is 0 Å². The lowest BCUT2D eigenvalue weighted by atomic mass is 9.81. The van der Waals surface area contributed by atoms with Crippen molar-refractivity contribution in [3.05, 3.63) is 41.5 Å². The molecule has 1 atom stereocenters. The summed E-state index contributed by atoms with van der Waals surface area (Å²) < 4.78 is 4.50. The zero-order chi connectivity index (χ0) is 17.0. The van der Waals surface area contributed by atoms with Crippen molar-refractivity contribution in [2.45, 2.75) is 38.6 Å². The molecule has 1 aromatic carbocycles. The number of fused-ring (bicyclic) bond motifs is 1. The molecule has 124 valence electrons. The van der Waals surface area contributed by atoms with Crippen LogP contribution in [0.2, 0.25) is 0 Å². The number of hydrogen-bond acceptors (Lipinski definition) is 4. The number of carbonyl (C=O) groups excluding carboxylic acids is 2. The molecule has 0 spiro atoms. The lowest BCUT2D eigenvalue weighted by molar-refractivity contribution is -0.134. The van der Waals surface area contributed by atoms with Gasteiger partial charge in [0.15, 0.2) is 0 Å². The van der Waals surface area contributed by atoms with Gasteiger partial charge in [-0.3, -0.25) is 4.79 Å². The number of benzene rings is 1. The predicted octanol–water partition coefficient (Wildman–Crippen LogP) is 2.84. The highest BCUT2D eigenvalue weighted by Crippen LogP contribution is 2.40. The number of methoxy groups -OCH3 is 1. The maximum absolute atomic E-state index is 12.4. The van der Waals surface area contributed by atoms with Gasteiger partial charge in [0.25, 0.3) is 5.91 Å². The van der Waals surface area contributed by atoms with Crippen LogP contribution in [0, 0.1) is 0 Å². The monoisotopic (exact) mass is 316 g/mol. The second kappa shape index (κ2) is 6.86. The minimum atomic E-state index is -0.436. The van der Waals surface area contributed by atoms with Gasteiger partial charge in [-0.1, -0.05) is 25.1 Å². The Balaban J connectivity index is 2.14. The van der Waals surface area contributed by atoms with Crippen molar-refractivity contribution >= 4 is 17.6 Å². The lowest BCUT2D eigenvalue weighted by Crippen LogP contribution is -2.38. The largest absolute Gasteiger partial charge is 0.466 e. The minimum Gasteiger partial charge on any atom is -0.466 e. The van der Waals surface area contributed by atoms with Crippen molar-refractivity contribution in [3.63, 3.8) is 0 Å². The topological polar surface area (TPSA) is 67.4 Å². The number of nitrogens with one attached hydrogen (secondary N) is 2. The van der Waals surface area contributed by atoms with E-state index in [2.05, 4.69) is 42.2 Å². The van der Waals surface area contributed by atoms with Crippen molar-refractivity contribution < 1.29 is 14.3 Å². The first-order chi connectivity index (χ1) is 10.8. The van der Waals surface area contributed by atoms with Crippen LogP contribution in [0.25, 0.3) is 0 Å². The Morgan fingerprint density at radius 3 is 2.87 bits per heavy atom. The van der Waals surface area contributed by atoms with Gasteiger partial charge in [-0.2, -0.15) is 0 Å². The standard InChI is InChI=1S/C18H24N2O3/c1-12-11-18(2,3)20-16-13(12)7-5-8-14(16)17(22)19-10-6-9-15(21)23-4/h5-9,12,20H,10-11H2,1-4H3,(H,19,22)/b9-6+/t12-/m1/s1. The molecule has 23 heavy (non-hydrogen) atoms. The Kier molecular flexibility index (Phi) is 5.08. The third-order valence-corrected chi connectivity index (χ3v) is 3.99. The summed E-state index contributed by atoms with van der Waals surface area (Å²) >= 11 is 0. The molecule has 1 heterocycles. The first-order valence-corrected chi connectivity index (χ1v) is 7.78. The maximum atomic E-state index is 12.4. The van der Waals surface area contributed by atoms with E-state index in [1.54, 1.807) is 6.08 Å². The molecule has 0 radical (unpaired) electrons. The average Bonchev–Trinajstić information content (AvgIpc) is 2.49. The summed E-state index contributed by atoms with van der Waals surface area (Å²) in [5, 5.41) is 6.28. The van der Waals surface area contributed by atoms with Crippen LogP contribution in [-0.2, 0) is 9.53 Å². The van der Waals surface area contributed by atoms with E-state index >= 15 is 0 Å². The van der Waals surface area contributed by atoms with E-state index in [1.165, 1.54) is 18.7 Å². The maximum Gasteiger partial charge on any atom is 0.330 e. The number of esters is 1. The van der Waals surface area contributed by atoms with E-state index < -0.39 is 5.97 Å². The lowest BCUT2D eigenvalue weighted by Gasteiger charge is -2.38. The third kappa shape index (κ3) is 4.12. The van der Waals surface area contributed by atoms with Gasteiger partial charge >= 0.3 is 5.97 Å². The van der Waals surface area contributed by atoms with Gasteiger partial charge < -0.3 is 15.4 Å². The van der Waals surface area contributed by atoms with Gasteiger partial charge in [-0.15, -0.1) is 0 Å². The van der Waals surface area contributed by atoms with Gasteiger partial charge in [0, 0.05) is 18.2 Å². The molecule has 0 aliphatic carbocycles. The third-order valence-electron chi connectivity index (χ3n) is 3.99. The number of carbonyl (C=O) groups is 2. The van der Waals surface area contributed by atoms with E-state index in [4.69, 9.17) is 0 Å². The molecule has 0 saturated carbocycles. The van der Waals surface area contributed by atoms with Gasteiger partial charge in [0.05, 0.1) is 18.4 Å². The van der Waals surface area contributed by atoms with Crippen molar-refractivity contribution in [2.75, 3.05) is 19.0 Å². The van der Waals surface area contributed by atoms with E-state index in [1.807, 2.05) is 12.1 Å². The highest BCUT2D eigenvalue weighted by atomic mass is 16.5. The van der Waals surface area contributed by atoms with Crippen LogP contribution >= 0.6 is 0 Å². The number of ether oxygens (including phenoxy) is 1. The average molecular weight is 316 g/mol. The van der Waals surface area contributed by atoms with Crippen molar-refractivity contribution in [3.8, 4) is 0 Å². The van der Waals surface area contributed by atoms with Crippen molar-refractivity contribution in [2.24, 2.45) is 0 Å². The second-order valence-electron chi connectivity index (χ2n) is 6.52. The van der Waals surface area contributed by atoms with Crippen LogP contribution in [0.1, 0.15) is 49.0 Å². The Hall–Kier alpha value is -2.30. The zero-order valence-corrected chi connectivity index (χ0v) is 14.1. The number of para-hydroxylation sites is 1.